The predicted molar refractivity (Wildman–Crippen MR) is 93.1 cm³/mol. The molecule has 116 valence electrons. The molecule has 0 saturated heterocycles. The Hall–Kier alpha value is -2.33. The van der Waals surface area contributed by atoms with Crippen molar-refractivity contribution in [1.29, 1.82) is 0 Å². The number of rotatable bonds is 3. The molecule has 23 heavy (non-hydrogen) atoms. The molecule has 1 amide bonds. The summed E-state index contributed by atoms with van der Waals surface area (Å²) in [6, 6.07) is 12.0. The van der Waals surface area contributed by atoms with Crippen molar-refractivity contribution in [3.63, 3.8) is 0 Å². The Bertz CT molecular complexity index is 898. The van der Waals surface area contributed by atoms with Crippen molar-refractivity contribution in [2.45, 2.75) is 25.8 Å². The van der Waals surface area contributed by atoms with Crippen LogP contribution in [0.4, 0.5) is 0 Å². The normalized spacial score (nSPS) is 13.2. The number of carbonyl (C=O) groups is 1. The summed E-state index contributed by atoms with van der Waals surface area (Å²) in [6.45, 7) is 0.459. The molecule has 0 atom stereocenters. The Morgan fingerprint density at radius 3 is 3.00 bits per heavy atom. The molecule has 2 aromatic carbocycles. The van der Waals surface area contributed by atoms with E-state index < -0.39 is 0 Å². The molecule has 0 saturated carbocycles. The average molecular weight is 323 g/mol. The van der Waals surface area contributed by atoms with Gasteiger partial charge in [0.05, 0.1) is 5.56 Å². The average Bonchev–Trinajstić information content (AvgIpc) is 3.21. The zero-order valence-electron chi connectivity index (χ0n) is 12.6. The zero-order valence-corrected chi connectivity index (χ0v) is 13.5. The highest BCUT2D eigenvalue weighted by Gasteiger charge is 2.20. The van der Waals surface area contributed by atoms with Crippen molar-refractivity contribution >= 4 is 27.3 Å². The summed E-state index contributed by atoms with van der Waals surface area (Å²) in [6.07, 6.45) is 2.90. The molecule has 3 nitrogen and oxygen atoms in total. The third-order valence-electron chi connectivity index (χ3n) is 4.47. The molecule has 0 radical (unpaired) electrons. The summed E-state index contributed by atoms with van der Waals surface area (Å²) in [7, 11) is 0. The maximum absolute atomic E-state index is 12.4. The number of phenols is 1. The van der Waals surface area contributed by atoms with Crippen LogP contribution in [0.1, 0.15) is 33.5 Å². The lowest BCUT2D eigenvalue weighted by molar-refractivity contribution is 0.0948. The van der Waals surface area contributed by atoms with E-state index in [4.69, 9.17) is 0 Å². The van der Waals surface area contributed by atoms with E-state index in [9.17, 15) is 9.90 Å². The highest BCUT2D eigenvalue weighted by Crippen LogP contribution is 2.32. The molecule has 0 bridgehead atoms. The first-order valence-electron chi connectivity index (χ1n) is 7.80. The van der Waals surface area contributed by atoms with Crippen LogP contribution in [0, 0.1) is 0 Å². The van der Waals surface area contributed by atoms with Gasteiger partial charge in [-0.3, -0.25) is 4.79 Å². The van der Waals surface area contributed by atoms with Gasteiger partial charge in [-0.2, -0.15) is 0 Å². The Labute approximate surface area is 138 Å². The molecule has 2 N–H and O–H groups in total. The van der Waals surface area contributed by atoms with Gasteiger partial charge in [0, 0.05) is 11.2 Å². The molecule has 0 spiro atoms. The highest BCUT2D eigenvalue weighted by atomic mass is 32.1. The lowest BCUT2D eigenvalue weighted by atomic mass is 10.0. The van der Waals surface area contributed by atoms with Gasteiger partial charge in [0.2, 0.25) is 0 Å². The van der Waals surface area contributed by atoms with Crippen molar-refractivity contribution in [1.82, 2.24) is 5.32 Å². The van der Waals surface area contributed by atoms with Gasteiger partial charge in [0.15, 0.2) is 0 Å². The molecule has 4 heteroatoms. The molecule has 1 aliphatic rings. The number of phenolic OH excluding ortho intramolecular Hbond substituents is 1. The van der Waals surface area contributed by atoms with Gasteiger partial charge in [-0.05, 0) is 71.0 Å². The van der Waals surface area contributed by atoms with Gasteiger partial charge < -0.3 is 10.4 Å². The van der Waals surface area contributed by atoms with Crippen LogP contribution in [0.2, 0.25) is 0 Å². The quantitative estimate of drug-likeness (QED) is 0.764. The summed E-state index contributed by atoms with van der Waals surface area (Å²) in [5, 5.41) is 16.5. The molecule has 1 aliphatic carbocycles. The van der Waals surface area contributed by atoms with Crippen LogP contribution in [0.15, 0.2) is 41.8 Å². The third-order valence-corrected chi connectivity index (χ3v) is 5.37. The Kier molecular flexibility index (Phi) is 3.54. The Morgan fingerprint density at radius 2 is 2.09 bits per heavy atom. The van der Waals surface area contributed by atoms with Gasteiger partial charge in [-0.1, -0.05) is 12.1 Å². The van der Waals surface area contributed by atoms with E-state index in [1.54, 1.807) is 17.4 Å². The number of hydrogen-bond donors (Lipinski definition) is 2. The topological polar surface area (TPSA) is 49.3 Å². The maximum atomic E-state index is 12.4. The summed E-state index contributed by atoms with van der Waals surface area (Å²) in [4.78, 5) is 12.4. The molecule has 4 rings (SSSR count). The second-order valence-corrected chi connectivity index (χ2v) is 6.88. The number of benzene rings is 2. The first-order valence-corrected chi connectivity index (χ1v) is 8.68. The smallest absolute Gasteiger partial charge is 0.255 e. The third kappa shape index (κ3) is 2.59. The Balaban J connectivity index is 1.52. The summed E-state index contributed by atoms with van der Waals surface area (Å²) in [5.41, 5.74) is 3.55. The van der Waals surface area contributed by atoms with Crippen molar-refractivity contribution in [3.8, 4) is 5.75 Å². The number of nitrogens with one attached hydrogen (secondary N) is 1. The van der Waals surface area contributed by atoms with Crippen LogP contribution >= 0.6 is 11.3 Å². The SMILES string of the molecule is O=C(NCc1ccc2sccc2c1)c1ccc2c(c1O)CCC2. The number of amides is 1. The second kappa shape index (κ2) is 5.70. The van der Waals surface area contributed by atoms with Gasteiger partial charge >= 0.3 is 0 Å². The molecular formula is C19H17NO2S. The van der Waals surface area contributed by atoms with Gasteiger partial charge in [0.25, 0.3) is 5.91 Å². The van der Waals surface area contributed by atoms with E-state index in [1.807, 2.05) is 12.1 Å². The monoisotopic (exact) mass is 323 g/mol. The summed E-state index contributed by atoms with van der Waals surface area (Å²) >= 11 is 1.71. The van der Waals surface area contributed by atoms with Crippen LogP contribution < -0.4 is 5.32 Å². The fraction of sp³-hybridized carbons (Fsp3) is 0.211. The van der Waals surface area contributed by atoms with Crippen molar-refractivity contribution < 1.29 is 9.90 Å². The van der Waals surface area contributed by atoms with E-state index in [1.165, 1.54) is 15.6 Å². The Morgan fingerprint density at radius 1 is 1.17 bits per heavy atom. The molecule has 0 aliphatic heterocycles. The predicted octanol–water partition coefficient (Wildman–Crippen LogP) is 4.03. The minimum absolute atomic E-state index is 0.158. The molecule has 3 aromatic rings. The van der Waals surface area contributed by atoms with Crippen LogP contribution in [-0.2, 0) is 19.4 Å². The molecule has 0 fully saturated rings. The van der Waals surface area contributed by atoms with Gasteiger partial charge in [0.1, 0.15) is 5.75 Å². The van der Waals surface area contributed by atoms with Crippen molar-refractivity contribution in [2.24, 2.45) is 0 Å². The molecule has 0 unspecified atom stereocenters. The minimum Gasteiger partial charge on any atom is -0.507 e. The number of carbonyl (C=O) groups excluding carboxylic acids is 1. The number of fused-ring (bicyclic) bond motifs is 2. The maximum Gasteiger partial charge on any atom is 0.255 e. The number of aryl methyl sites for hydroxylation is 1. The lowest BCUT2D eigenvalue weighted by Gasteiger charge is -2.10. The largest absolute Gasteiger partial charge is 0.507 e. The summed E-state index contributed by atoms with van der Waals surface area (Å²) < 4.78 is 1.25. The van der Waals surface area contributed by atoms with Gasteiger partial charge in [-0.25, -0.2) is 0 Å². The minimum atomic E-state index is -0.220. The number of aromatic hydroxyl groups is 1. The van der Waals surface area contributed by atoms with Crippen molar-refractivity contribution in [3.05, 3.63) is 64.0 Å². The van der Waals surface area contributed by atoms with Crippen LogP contribution in [0.25, 0.3) is 10.1 Å². The van der Waals surface area contributed by atoms with E-state index in [-0.39, 0.29) is 11.7 Å². The fourth-order valence-corrected chi connectivity index (χ4v) is 4.00. The first kappa shape index (κ1) is 14.3. The first-order chi connectivity index (χ1) is 11.2. The van der Waals surface area contributed by atoms with E-state index in [0.29, 0.717) is 12.1 Å². The van der Waals surface area contributed by atoms with Crippen LogP contribution in [0.5, 0.6) is 5.75 Å². The summed E-state index contributed by atoms with van der Waals surface area (Å²) in [5.74, 6) is -0.0617. The number of thiophene rings is 1. The van der Waals surface area contributed by atoms with E-state index in [2.05, 4.69) is 28.9 Å². The zero-order chi connectivity index (χ0) is 15.8. The highest BCUT2D eigenvalue weighted by molar-refractivity contribution is 7.17. The molecule has 1 aromatic heterocycles. The van der Waals surface area contributed by atoms with Crippen LogP contribution in [-0.4, -0.2) is 11.0 Å². The molecule has 1 heterocycles. The van der Waals surface area contributed by atoms with Crippen molar-refractivity contribution in [2.75, 3.05) is 0 Å². The number of hydrogen-bond acceptors (Lipinski definition) is 3. The second-order valence-electron chi connectivity index (χ2n) is 5.93. The standard InChI is InChI=1S/C19H17NO2S/c21-18-15-3-1-2-13(15)5-6-16(18)19(22)20-11-12-4-7-17-14(10-12)8-9-23-17/h4-10,21H,1-3,11H2,(H,20,22). The van der Waals surface area contributed by atoms with Crippen LogP contribution in [0.3, 0.4) is 0 Å². The molecular weight excluding hydrogens is 306 g/mol. The fourth-order valence-electron chi connectivity index (χ4n) is 3.23. The van der Waals surface area contributed by atoms with E-state index >= 15 is 0 Å². The van der Waals surface area contributed by atoms with E-state index in [0.717, 1.165) is 30.4 Å². The lowest BCUT2D eigenvalue weighted by Crippen LogP contribution is -2.23. The van der Waals surface area contributed by atoms with Gasteiger partial charge in [-0.15, -0.1) is 11.3 Å².